The molecule has 3 fully saturated rings. The molecule has 6 aromatic carbocycles. The van der Waals surface area contributed by atoms with Crippen LogP contribution in [0.2, 0.25) is 8.35 Å². The average Bonchev–Trinajstić information content (AvgIpc) is 3.75. The normalized spacial score (nSPS) is 21.0. The second-order valence-corrected chi connectivity index (χ2v) is 33.8. The first kappa shape index (κ1) is 37.4. The van der Waals surface area contributed by atoms with Crippen molar-refractivity contribution in [3.05, 3.63) is 155 Å². The zero-order chi connectivity index (χ0) is 34.9. The molecule has 0 aromatic heterocycles. The number of rotatable bonds is 6. The topological polar surface area (TPSA) is 0 Å². The van der Waals surface area contributed by atoms with Gasteiger partial charge in [-0.15, -0.1) is 0 Å². The van der Waals surface area contributed by atoms with Crippen molar-refractivity contribution in [1.29, 1.82) is 0 Å². The summed E-state index contributed by atoms with van der Waals surface area (Å²) in [6.45, 7) is 0. The molecule has 0 spiro atoms. The second kappa shape index (κ2) is 15.3. The van der Waals surface area contributed by atoms with Crippen molar-refractivity contribution in [2.24, 2.45) is 11.8 Å². The maximum absolute atomic E-state index is 3.14. The maximum atomic E-state index is 2.81. The van der Waals surface area contributed by atoms with Crippen LogP contribution in [0.4, 0.5) is 0 Å². The monoisotopic (exact) mass is 924 g/mol. The summed E-state index contributed by atoms with van der Waals surface area (Å²) in [5.74, 6) is 1.51. The van der Waals surface area contributed by atoms with Gasteiger partial charge < -0.3 is 24.8 Å². The van der Waals surface area contributed by atoms with E-state index < -0.39 is 20.0 Å². The van der Waals surface area contributed by atoms with Crippen molar-refractivity contribution in [1.82, 2.24) is 0 Å². The Hall–Kier alpha value is -3.23. The van der Waals surface area contributed by atoms with E-state index in [0.717, 1.165) is 11.8 Å². The van der Waals surface area contributed by atoms with Crippen LogP contribution in [0, 0.1) is 11.8 Å². The van der Waals surface area contributed by atoms with Crippen LogP contribution < -0.4 is 24.8 Å². The molecule has 1 heterocycles. The van der Waals surface area contributed by atoms with Gasteiger partial charge in [0, 0.05) is 0 Å². The number of benzene rings is 6. The molecule has 55 heavy (non-hydrogen) atoms. The van der Waals surface area contributed by atoms with Crippen molar-refractivity contribution in [3.8, 4) is 22.3 Å². The number of hydrogen-bond donors (Lipinski definition) is 0. The van der Waals surface area contributed by atoms with Gasteiger partial charge in [-0.2, -0.15) is 0 Å². The van der Waals surface area contributed by atoms with Crippen molar-refractivity contribution in [2.75, 3.05) is 0 Å². The van der Waals surface area contributed by atoms with Crippen LogP contribution in [0.15, 0.2) is 132 Å². The third kappa shape index (κ3) is 6.18. The molecular formula is C52H50Cl2Hf. The predicted molar refractivity (Wildman–Crippen MR) is 223 cm³/mol. The minimum atomic E-state index is -3.14. The Morgan fingerprint density at radius 2 is 0.764 bits per heavy atom. The fraction of sp³-hybridized carbons (Fsp3) is 0.308. The molecule has 0 bridgehead atoms. The zero-order valence-corrected chi connectivity index (χ0v) is 36.9. The van der Waals surface area contributed by atoms with E-state index in [-0.39, 0.29) is 24.8 Å². The molecule has 0 N–H and O–H groups in total. The third-order valence-electron chi connectivity index (χ3n) is 14.5. The van der Waals surface area contributed by atoms with E-state index in [1.54, 1.807) is 30.6 Å². The van der Waals surface area contributed by atoms with Crippen LogP contribution in [0.25, 0.3) is 56.0 Å². The van der Waals surface area contributed by atoms with Gasteiger partial charge in [0.15, 0.2) is 0 Å². The molecule has 2 atom stereocenters. The molecule has 2 unspecified atom stereocenters. The van der Waals surface area contributed by atoms with Gasteiger partial charge in [-0.3, -0.25) is 0 Å². The molecule has 11 rings (SSSR count). The van der Waals surface area contributed by atoms with E-state index >= 15 is 0 Å². The number of halogens is 2. The van der Waals surface area contributed by atoms with E-state index in [9.17, 15) is 0 Å². The SMILES string of the molecule is C1=C(C2CCCCC2)[CH]([Hf+2]2([CH]3C(C4CCCCC4)=Cc4c(-c5cccc6ccccc56)cccc43)[CH2][CH2]2)c2cccc(-c3cccc4ccccc34)c21.[Cl-].[Cl-]. The second-order valence-electron chi connectivity index (χ2n) is 17.2. The predicted octanol–water partition coefficient (Wildman–Crippen LogP) is 9.08. The Bertz CT molecular complexity index is 2280. The molecule has 1 saturated heterocycles. The fourth-order valence-electron chi connectivity index (χ4n) is 12.0. The van der Waals surface area contributed by atoms with Gasteiger partial charge >= 0.3 is 322 Å². The van der Waals surface area contributed by atoms with Crippen LogP contribution in [0.5, 0.6) is 0 Å². The first-order valence-corrected chi connectivity index (χ1v) is 30.2. The maximum Gasteiger partial charge on any atom is -1.00 e. The van der Waals surface area contributed by atoms with Gasteiger partial charge in [0.1, 0.15) is 0 Å². The molecule has 5 aliphatic rings. The third-order valence-corrected chi connectivity index (χ3v) is 33.3. The van der Waals surface area contributed by atoms with Gasteiger partial charge in [-0.05, 0) is 0 Å². The van der Waals surface area contributed by atoms with Crippen LogP contribution in [-0.2, 0) is 20.0 Å². The van der Waals surface area contributed by atoms with E-state index in [0.29, 0.717) is 7.35 Å². The molecule has 3 heteroatoms. The van der Waals surface area contributed by atoms with Gasteiger partial charge in [0.2, 0.25) is 0 Å². The number of fused-ring (bicyclic) bond motifs is 4. The first-order valence-electron chi connectivity index (χ1n) is 20.9. The van der Waals surface area contributed by atoms with Crippen LogP contribution in [0.3, 0.4) is 0 Å². The first-order chi connectivity index (χ1) is 26.3. The Morgan fingerprint density at radius 3 is 1.20 bits per heavy atom. The zero-order valence-electron chi connectivity index (χ0n) is 31.8. The summed E-state index contributed by atoms with van der Waals surface area (Å²) in [5, 5.41) is 5.47. The van der Waals surface area contributed by atoms with E-state index in [4.69, 9.17) is 0 Å². The van der Waals surface area contributed by atoms with Crippen molar-refractivity contribution in [3.63, 3.8) is 0 Å². The summed E-state index contributed by atoms with van der Waals surface area (Å²) in [7, 11) is 0. The molecular weight excluding hydrogens is 874 g/mol. The quantitative estimate of drug-likeness (QED) is 0.147. The summed E-state index contributed by atoms with van der Waals surface area (Å²) in [6, 6.07) is 47.0. The van der Waals surface area contributed by atoms with E-state index in [1.165, 1.54) is 108 Å². The van der Waals surface area contributed by atoms with Crippen LogP contribution in [-0.4, -0.2) is 0 Å². The molecule has 6 aromatic rings. The van der Waals surface area contributed by atoms with E-state index in [1.807, 2.05) is 11.1 Å². The molecule has 276 valence electrons. The molecule has 0 nitrogen and oxygen atoms in total. The Balaban J connectivity index is 0.00000198. The standard InChI is InChI=1S/2C25H23.C2H4.2ClH.Hf/c2*1-2-8-18(9-3-1)21-16-20-12-7-15-24(25(20)17-21)23-14-6-11-19-10-4-5-13-22(19)23;1-2;;;/h2*4-7,10-18H,1-3,8-9H2;1-2H2;2*1H;/q;;;;;+2/p-2. The Labute approximate surface area is 344 Å². The summed E-state index contributed by atoms with van der Waals surface area (Å²) >= 11 is -3.14. The molecule has 1 aliphatic heterocycles. The molecule has 2 saturated carbocycles. The summed E-state index contributed by atoms with van der Waals surface area (Å²) in [6.07, 6.45) is 19.6. The average molecular weight is 924 g/mol. The van der Waals surface area contributed by atoms with Gasteiger partial charge in [0.25, 0.3) is 0 Å². The number of allylic oxidation sites excluding steroid dienone is 2. The van der Waals surface area contributed by atoms with Gasteiger partial charge in [-0.1, -0.05) is 0 Å². The fourth-order valence-corrected chi connectivity index (χ4v) is 40.2. The Kier molecular flexibility index (Phi) is 10.4. The minimum Gasteiger partial charge on any atom is -1.00 e. The minimum absolute atomic E-state index is 0. The molecule has 0 amide bonds. The van der Waals surface area contributed by atoms with E-state index in [2.05, 4.69) is 133 Å². The van der Waals surface area contributed by atoms with Gasteiger partial charge in [-0.25, -0.2) is 0 Å². The Morgan fingerprint density at radius 1 is 0.382 bits per heavy atom. The summed E-state index contributed by atoms with van der Waals surface area (Å²) < 4.78 is 4.51. The summed E-state index contributed by atoms with van der Waals surface area (Å²) in [5.41, 5.74) is 16.1. The van der Waals surface area contributed by atoms with Crippen LogP contribution in [0.1, 0.15) is 93.8 Å². The summed E-state index contributed by atoms with van der Waals surface area (Å²) in [4.78, 5) is 0. The largest absolute Gasteiger partial charge is 1.00 e. The van der Waals surface area contributed by atoms with Crippen molar-refractivity contribution < 1.29 is 44.8 Å². The van der Waals surface area contributed by atoms with Crippen molar-refractivity contribution in [2.45, 2.75) is 79.9 Å². The van der Waals surface area contributed by atoms with Crippen LogP contribution >= 0.6 is 0 Å². The molecule has 0 radical (unpaired) electrons. The molecule has 4 aliphatic carbocycles. The number of hydrogen-bond acceptors (Lipinski definition) is 0. The van der Waals surface area contributed by atoms with Crippen molar-refractivity contribution >= 4 is 33.7 Å². The smallest absolute Gasteiger partial charge is 1.00 e. The van der Waals surface area contributed by atoms with Gasteiger partial charge in [0.05, 0.1) is 0 Å².